The van der Waals surface area contributed by atoms with Crippen molar-refractivity contribution in [2.24, 2.45) is 0 Å². The molecule has 150 valence electrons. The number of amides is 1. The maximum atomic E-state index is 14.2. The van der Waals surface area contributed by atoms with Gasteiger partial charge in [0.05, 0.1) is 23.9 Å². The second kappa shape index (κ2) is 8.74. The van der Waals surface area contributed by atoms with E-state index in [0.29, 0.717) is 24.3 Å². The molecule has 0 bridgehead atoms. The lowest BCUT2D eigenvalue weighted by Gasteiger charge is -2.27. The van der Waals surface area contributed by atoms with Crippen LogP contribution in [-0.2, 0) is 9.53 Å². The number of pyridine rings is 1. The van der Waals surface area contributed by atoms with Crippen LogP contribution in [0.5, 0.6) is 5.75 Å². The van der Waals surface area contributed by atoms with E-state index in [9.17, 15) is 13.6 Å². The zero-order valence-corrected chi connectivity index (χ0v) is 16.6. The molecule has 1 aliphatic rings. The normalized spacial score (nSPS) is 19.0. The van der Waals surface area contributed by atoms with E-state index in [-0.39, 0.29) is 17.8 Å². The van der Waals surface area contributed by atoms with Gasteiger partial charge in [-0.3, -0.25) is 4.79 Å². The molecule has 3 rings (SSSR count). The molecular weight excluding hydrogens is 388 g/mol. The number of carbonyl (C=O) groups is 1. The molecule has 6 nitrogen and oxygen atoms in total. The number of hydrogen-bond donors (Lipinski definition) is 1. The number of rotatable bonds is 6. The van der Waals surface area contributed by atoms with E-state index in [4.69, 9.17) is 9.47 Å². The lowest BCUT2D eigenvalue weighted by Crippen LogP contribution is -2.40. The molecule has 28 heavy (non-hydrogen) atoms. The molecule has 2 atom stereocenters. The zero-order chi connectivity index (χ0) is 20.3. The van der Waals surface area contributed by atoms with Crippen molar-refractivity contribution in [1.29, 1.82) is 0 Å². The van der Waals surface area contributed by atoms with Gasteiger partial charge in [0.1, 0.15) is 6.04 Å². The number of carbonyl (C=O) groups excluding carboxylic acids is 1. The Hall–Kier alpha value is -2.39. The van der Waals surface area contributed by atoms with E-state index in [1.807, 2.05) is 6.26 Å². The van der Waals surface area contributed by atoms with Crippen LogP contribution in [0.25, 0.3) is 0 Å². The molecule has 1 saturated heterocycles. The molecule has 0 aliphatic carbocycles. The third kappa shape index (κ3) is 4.05. The van der Waals surface area contributed by atoms with Gasteiger partial charge in [-0.1, -0.05) is 0 Å². The van der Waals surface area contributed by atoms with Crippen LogP contribution < -0.4 is 15.0 Å². The minimum atomic E-state index is -1.08. The van der Waals surface area contributed by atoms with Gasteiger partial charge in [-0.05, 0) is 30.5 Å². The summed E-state index contributed by atoms with van der Waals surface area (Å²) in [6.45, 7) is 0.350. The van der Waals surface area contributed by atoms with Crippen molar-refractivity contribution >= 4 is 29.0 Å². The lowest BCUT2D eigenvalue weighted by atomic mass is 10.1. The number of ether oxygens (including phenoxy) is 2. The third-order valence-electron chi connectivity index (χ3n) is 4.65. The first-order valence-electron chi connectivity index (χ1n) is 8.60. The largest absolute Gasteiger partial charge is 0.491 e. The Labute approximate surface area is 166 Å². The number of anilines is 2. The summed E-state index contributed by atoms with van der Waals surface area (Å²) in [5.74, 6) is -2.60. The fraction of sp³-hybridized carbons (Fsp3) is 0.368. The van der Waals surface area contributed by atoms with Crippen molar-refractivity contribution < 1.29 is 23.0 Å². The van der Waals surface area contributed by atoms with Crippen LogP contribution in [0.2, 0.25) is 0 Å². The number of hydrogen-bond acceptors (Lipinski definition) is 6. The topological polar surface area (TPSA) is 63.7 Å². The van der Waals surface area contributed by atoms with Gasteiger partial charge in [0.2, 0.25) is 11.7 Å². The second-order valence-corrected chi connectivity index (χ2v) is 7.08. The van der Waals surface area contributed by atoms with E-state index in [0.717, 1.165) is 11.1 Å². The molecule has 0 spiro atoms. The summed E-state index contributed by atoms with van der Waals surface area (Å²) in [4.78, 5) is 18.8. The maximum absolute atomic E-state index is 14.2. The van der Waals surface area contributed by atoms with Crippen LogP contribution in [0, 0.1) is 11.6 Å². The molecule has 1 N–H and O–H groups in total. The summed E-state index contributed by atoms with van der Waals surface area (Å²) in [6.07, 6.45) is 3.69. The average molecular weight is 409 g/mol. The van der Waals surface area contributed by atoms with Gasteiger partial charge in [0.25, 0.3) is 0 Å². The molecule has 1 aliphatic heterocycles. The summed E-state index contributed by atoms with van der Waals surface area (Å²) in [5.41, 5.74) is 0.919. The van der Waals surface area contributed by atoms with Crippen LogP contribution >= 0.6 is 11.8 Å². The Morgan fingerprint density at radius 3 is 2.79 bits per heavy atom. The van der Waals surface area contributed by atoms with Gasteiger partial charge in [-0.2, -0.15) is 4.39 Å². The van der Waals surface area contributed by atoms with Crippen LogP contribution in [0.4, 0.5) is 20.2 Å². The minimum absolute atomic E-state index is 0.229. The third-order valence-corrected chi connectivity index (χ3v) is 5.29. The number of halogens is 2. The highest BCUT2D eigenvalue weighted by molar-refractivity contribution is 7.98. The van der Waals surface area contributed by atoms with Gasteiger partial charge < -0.3 is 19.7 Å². The molecule has 1 aromatic carbocycles. The average Bonchev–Trinajstić information content (AvgIpc) is 3.14. The van der Waals surface area contributed by atoms with Gasteiger partial charge in [-0.15, -0.1) is 11.8 Å². The number of thioether (sulfide) groups is 1. The van der Waals surface area contributed by atoms with E-state index >= 15 is 0 Å². The first-order chi connectivity index (χ1) is 13.5. The number of nitrogens with one attached hydrogen (secondary N) is 1. The van der Waals surface area contributed by atoms with Crippen LogP contribution in [-0.4, -0.2) is 50.1 Å². The summed E-state index contributed by atoms with van der Waals surface area (Å²) in [7, 11) is 2.82. The minimum Gasteiger partial charge on any atom is -0.491 e. The summed E-state index contributed by atoms with van der Waals surface area (Å²) in [6, 6.07) is 5.27. The van der Waals surface area contributed by atoms with Crippen molar-refractivity contribution in [3.05, 3.63) is 42.1 Å². The van der Waals surface area contributed by atoms with Crippen molar-refractivity contribution in [2.75, 3.05) is 37.2 Å². The Morgan fingerprint density at radius 1 is 1.32 bits per heavy atom. The molecule has 2 unspecified atom stereocenters. The number of aromatic nitrogens is 1. The molecule has 9 heteroatoms. The Kier molecular flexibility index (Phi) is 6.35. The highest BCUT2D eigenvalue weighted by atomic mass is 32.2. The molecule has 1 amide bonds. The molecule has 0 radical (unpaired) electrons. The molecule has 2 aromatic rings. The van der Waals surface area contributed by atoms with Crippen molar-refractivity contribution in [2.45, 2.75) is 23.6 Å². The monoisotopic (exact) mass is 409 g/mol. The highest BCUT2D eigenvalue weighted by Gasteiger charge is 2.39. The van der Waals surface area contributed by atoms with E-state index < -0.39 is 17.7 Å². The Balaban J connectivity index is 1.90. The fourth-order valence-corrected chi connectivity index (χ4v) is 3.66. The first-order valence-corrected chi connectivity index (χ1v) is 9.83. The van der Waals surface area contributed by atoms with Crippen molar-refractivity contribution in [3.8, 4) is 5.75 Å². The van der Waals surface area contributed by atoms with Crippen molar-refractivity contribution in [1.82, 2.24) is 4.98 Å². The summed E-state index contributed by atoms with van der Waals surface area (Å²) in [5, 5.41) is 3.64. The smallest absolute Gasteiger partial charge is 0.247 e. The van der Waals surface area contributed by atoms with Gasteiger partial charge in [0.15, 0.2) is 11.6 Å². The standard InChI is InChI=1S/C19H21F2N3O3S/c1-26-12-9-15(19(25)23-11-6-7-22-16(8-11)28-3)24(10-12)14-5-4-13(20)17(21)18(14)27-2/h4-8,12,15H,9-10H2,1-3H3,(H,22,23,25). The summed E-state index contributed by atoms with van der Waals surface area (Å²) >= 11 is 1.47. The number of benzene rings is 1. The molecule has 2 heterocycles. The van der Waals surface area contributed by atoms with Gasteiger partial charge >= 0.3 is 0 Å². The number of nitrogens with zero attached hydrogens (tertiary/aromatic N) is 2. The van der Waals surface area contributed by atoms with Crippen LogP contribution in [0.3, 0.4) is 0 Å². The fourth-order valence-electron chi connectivity index (χ4n) is 3.25. The SMILES string of the molecule is COc1c(N2CC(OC)CC2C(=O)Nc2ccnc(SC)c2)ccc(F)c1F. The molecule has 1 fully saturated rings. The Morgan fingerprint density at radius 2 is 2.11 bits per heavy atom. The quantitative estimate of drug-likeness (QED) is 0.739. The van der Waals surface area contributed by atoms with E-state index in [2.05, 4.69) is 10.3 Å². The molecule has 0 saturated carbocycles. The molecule has 1 aromatic heterocycles. The zero-order valence-electron chi connectivity index (χ0n) is 15.7. The lowest BCUT2D eigenvalue weighted by molar-refractivity contribution is -0.117. The molecular formula is C19H21F2N3O3S. The number of methoxy groups -OCH3 is 2. The van der Waals surface area contributed by atoms with Crippen LogP contribution in [0.1, 0.15) is 6.42 Å². The van der Waals surface area contributed by atoms with Gasteiger partial charge in [-0.25, -0.2) is 9.37 Å². The van der Waals surface area contributed by atoms with E-state index in [1.54, 1.807) is 30.3 Å². The predicted molar refractivity (Wildman–Crippen MR) is 104 cm³/mol. The van der Waals surface area contributed by atoms with Crippen molar-refractivity contribution in [3.63, 3.8) is 0 Å². The van der Waals surface area contributed by atoms with Crippen LogP contribution in [0.15, 0.2) is 35.5 Å². The maximum Gasteiger partial charge on any atom is 0.247 e. The first kappa shape index (κ1) is 20.3. The summed E-state index contributed by atoms with van der Waals surface area (Å²) < 4.78 is 38.3. The Bertz CT molecular complexity index is 868. The highest BCUT2D eigenvalue weighted by Crippen LogP contribution is 2.37. The second-order valence-electron chi connectivity index (χ2n) is 6.25. The predicted octanol–water partition coefficient (Wildman–Crippen LogP) is 3.32. The van der Waals surface area contributed by atoms with Gasteiger partial charge in [0, 0.05) is 32.0 Å². The van der Waals surface area contributed by atoms with E-state index in [1.165, 1.54) is 24.9 Å².